The number of rotatable bonds is 9. The molecule has 0 unspecified atom stereocenters. The SMILES string of the molecule is COc1ccc(N(C)S(=O)(=O)c2cccc(C(=O)NCC[C@@H](O)C(C)C)c2)cc1. The lowest BCUT2D eigenvalue weighted by atomic mass is 10.0. The number of nitrogens with zero attached hydrogens (tertiary/aromatic N) is 1. The lowest BCUT2D eigenvalue weighted by Gasteiger charge is -2.20. The van der Waals surface area contributed by atoms with E-state index >= 15 is 0 Å². The zero-order chi connectivity index (χ0) is 21.6. The Labute approximate surface area is 172 Å². The Kier molecular flexibility index (Phi) is 7.64. The van der Waals surface area contributed by atoms with Crippen LogP contribution in [0.3, 0.4) is 0 Å². The summed E-state index contributed by atoms with van der Waals surface area (Å²) in [4.78, 5) is 12.4. The Morgan fingerprint density at radius 3 is 2.41 bits per heavy atom. The zero-order valence-corrected chi connectivity index (χ0v) is 17.9. The maximum atomic E-state index is 13.0. The van der Waals surface area contributed by atoms with Gasteiger partial charge in [-0.3, -0.25) is 9.10 Å². The molecule has 8 heteroatoms. The molecule has 1 amide bonds. The van der Waals surface area contributed by atoms with Gasteiger partial charge in [-0.25, -0.2) is 8.42 Å². The summed E-state index contributed by atoms with van der Waals surface area (Å²) in [6.45, 7) is 4.11. The van der Waals surface area contributed by atoms with E-state index in [2.05, 4.69) is 5.32 Å². The van der Waals surface area contributed by atoms with E-state index in [0.717, 1.165) is 4.31 Å². The second kappa shape index (κ2) is 9.76. The van der Waals surface area contributed by atoms with Crippen LogP contribution in [0.5, 0.6) is 5.75 Å². The van der Waals surface area contributed by atoms with Crippen LogP contribution in [0.4, 0.5) is 5.69 Å². The van der Waals surface area contributed by atoms with Crippen molar-refractivity contribution in [3.8, 4) is 5.75 Å². The van der Waals surface area contributed by atoms with Crippen LogP contribution in [-0.2, 0) is 10.0 Å². The van der Waals surface area contributed by atoms with Gasteiger partial charge in [0.15, 0.2) is 0 Å². The first-order chi connectivity index (χ1) is 13.7. The predicted octanol–water partition coefficient (Wildman–Crippen LogP) is 2.66. The Balaban J connectivity index is 2.14. The molecule has 0 heterocycles. The van der Waals surface area contributed by atoms with Crippen LogP contribution in [0, 0.1) is 5.92 Å². The van der Waals surface area contributed by atoms with Gasteiger partial charge >= 0.3 is 0 Å². The summed E-state index contributed by atoms with van der Waals surface area (Å²) in [5.74, 6) is 0.347. The fourth-order valence-electron chi connectivity index (χ4n) is 2.66. The summed E-state index contributed by atoms with van der Waals surface area (Å²) in [6, 6.07) is 12.5. The van der Waals surface area contributed by atoms with Gasteiger partial charge in [-0.05, 0) is 54.8 Å². The number of ether oxygens (including phenoxy) is 1. The first-order valence-electron chi connectivity index (χ1n) is 9.36. The number of amides is 1. The Hall–Kier alpha value is -2.58. The van der Waals surface area contributed by atoms with Crippen molar-refractivity contribution < 1.29 is 23.1 Å². The van der Waals surface area contributed by atoms with Gasteiger partial charge < -0.3 is 15.2 Å². The molecule has 0 aromatic heterocycles. The smallest absolute Gasteiger partial charge is 0.264 e. The molecule has 2 rings (SSSR count). The second-order valence-corrected chi connectivity index (χ2v) is 9.02. The maximum absolute atomic E-state index is 13.0. The molecule has 0 aliphatic rings. The fourth-order valence-corrected chi connectivity index (χ4v) is 3.90. The molecular weight excluding hydrogens is 392 g/mol. The minimum Gasteiger partial charge on any atom is -0.497 e. The molecule has 0 spiro atoms. The molecular formula is C21H28N2O5S. The molecule has 0 radical (unpaired) electrons. The lowest BCUT2D eigenvalue weighted by Crippen LogP contribution is -2.29. The molecule has 7 nitrogen and oxygen atoms in total. The van der Waals surface area contributed by atoms with Crippen molar-refractivity contribution in [3.05, 3.63) is 54.1 Å². The van der Waals surface area contributed by atoms with E-state index in [9.17, 15) is 18.3 Å². The van der Waals surface area contributed by atoms with Gasteiger partial charge in [0.2, 0.25) is 0 Å². The number of carbonyl (C=O) groups excluding carboxylic acids is 1. The third-order valence-electron chi connectivity index (χ3n) is 4.69. The monoisotopic (exact) mass is 420 g/mol. The number of sulfonamides is 1. The van der Waals surface area contributed by atoms with Crippen molar-refractivity contribution >= 4 is 21.6 Å². The minimum absolute atomic E-state index is 0.0192. The minimum atomic E-state index is -3.84. The van der Waals surface area contributed by atoms with Gasteiger partial charge in [-0.2, -0.15) is 0 Å². The van der Waals surface area contributed by atoms with Crippen molar-refractivity contribution in [1.82, 2.24) is 5.32 Å². The molecule has 2 aromatic rings. The van der Waals surface area contributed by atoms with Crippen LogP contribution in [0.15, 0.2) is 53.4 Å². The number of nitrogens with one attached hydrogen (secondary N) is 1. The highest BCUT2D eigenvalue weighted by molar-refractivity contribution is 7.92. The number of hydrogen-bond acceptors (Lipinski definition) is 5. The molecule has 0 aliphatic heterocycles. The highest BCUT2D eigenvalue weighted by Gasteiger charge is 2.22. The van der Waals surface area contributed by atoms with Crippen LogP contribution in [0.1, 0.15) is 30.6 Å². The molecule has 1 atom stereocenters. The average molecular weight is 421 g/mol. The number of aliphatic hydroxyl groups is 1. The fraction of sp³-hybridized carbons (Fsp3) is 0.381. The van der Waals surface area contributed by atoms with Crippen molar-refractivity contribution in [2.45, 2.75) is 31.3 Å². The maximum Gasteiger partial charge on any atom is 0.264 e. The molecule has 0 saturated carbocycles. The summed E-state index contributed by atoms with van der Waals surface area (Å²) in [7, 11) is -0.847. The summed E-state index contributed by atoms with van der Waals surface area (Å²) in [6.07, 6.45) is -0.0677. The van der Waals surface area contributed by atoms with Crippen LogP contribution in [0.25, 0.3) is 0 Å². The third-order valence-corrected chi connectivity index (χ3v) is 6.47. The van der Waals surface area contributed by atoms with Gasteiger partial charge in [0.25, 0.3) is 15.9 Å². The van der Waals surface area contributed by atoms with Crippen molar-refractivity contribution in [1.29, 1.82) is 0 Å². The number of aliphatic hydroxyl groups excluding tert-OH is 1. The molecule has 2 N–H and O–H groups in total. The van der Waals surface area contributed by atoms with Gasteiger partial charge in [-0.15, -0.1) is 0 Å². The summed E-state index contributed by atoms with van der Waals surface area (Å²) in [5, 5.41) is 12.5. The van der Waals surface area contributed by atoms with Crippen LogP contribution in [0.2, 0.25) is 0 Å². The third kappa shape index (κ3) is 5.71. The van der Waals surface area contributed by atoms with E-state index in [1.165, 1.54) is 32.4 Å². The first-order valence-corrected chi connectivity index (χ1v) is 10.8. The topological polar surface area (TPSA) is 95.9 Å². The summed E-state index contributed by atoms with van der Waals surface area (Å²) < 4.78 is 32.2. The largest absolute Gasteiger partial charge is 0.497 e. The van der Waals surface area contributed by atoms with E-state index in [4.69, 9.17) is 4.74 Å². The molecule has 0 bridgehead atoms. The molecule has 158 valence electrons. The normalized spacial score (nSPS) is 12.5. The van der Waals surface area contributed by atoms with Crippen molar-refractivity contribution in [2.75, 3.05) is 25.0 Å². The quantitative estimate of drug-likeness (QED) is 0.650. The summed E-state index contributed by atoms with van der Waals surface area (Å²) in [5.41, 5.74) is 0.719. The first kappa shape index (κ1) is 22.7. The van der Waals surface area contributed by atoms with E-state index in [1.54, 1.807) is 30.3 Å². The lowest BCUT2D eigenvalue weighted by molar-refractivity contribution is 0.0920. The highest BCUT2D eigenvalue weighted by atomic mass is 32.2. The van der Waals surface area contributed by atoms with Crippen molar-refractivity contribution in [2.24, 2.45) is 5.92 Å². The van der Waals surface area contributed by atoms with Crippen LogP contribution in [-0.4, -0.2) is 46.2 Å². The number of anilines is 1. The van der Waals surface area contributed by atoms with E-state index < -0.39 is 16.1 Å². The average Bonchev–Trinajstić information content (AvgIpc) is 2.73. The zero-order valence-electron chi connectivity index (χ0n) is 17.1. The molecule has 0 fully saturated rings. The van der Waals surface area contributed by atoms with Crippen LogP contribution >= 0.6 is 0 Å². The van der Waals surface area contributed by atoms with Crippen LogP contribution < -0.4 is 14.4 Å². The number of carbonyl (C=O) groups is 1. The number of benzene rings is 2. The van der Waals surface area contributed by atoms with Gasteiger partial charge in [0, 0.05) is 19.2 Å². The number of hydrogen-bond donors (Lipinski definition) is 2. The molecule has 29 heavy (non-hydrogen) atoms. The molecule has 0 aliphatic carbocycles. The molecule has 0 saturated heterocycles. The van der Waals surface area contributed by atoms with Gasteiger partial charge in [0.1, 0.15) is 5.75 Å². The standard InChI is InChI=1S/C21H28N2O5S/c1-15(2)20(24)12-13-22-21(25)16-6-5-7-19(14-16)29(26,27)23(3)17-8-10-18(28-4)11-9-17/h5-11,14-15,20,24H,12-13H2,1-4H3,(H,22,25)/t20-/m1/s1. The predicted molar refractivity (Wildman–Crippen MR) is 113 cm³/mol. The van der Waals surface area contributed by atoms with Gasteiger partial charge in [-0.1, -0.05) is 19.9 Å². The summed E-state index contributed by atoms with van der Waals surface area (Å²) >= 11 is 0. The van der Waals surface area contributed by atoms with Gasteiger partial charge in [0.05, 0.1) is 23.8 Å². The highest BCUT2D eigenvalue weighted by Crippen LogP contribution is 2.24. The van der Waals surface area contributed by atoms with E-state index in [1.807, 2.05) is 13.8 Å². The van der Waals surface area contributed by atoms with Crippen molar-refractivity contribution in [3.63, 3.8) is 0 Å². The second-order valence-electron chi connectivity index (χ2n) is 7.05. The molecule has 2 aromatic carbocycles. The Morgan fingerprint density at radius 1 is 1.17 bits per heavy atom. The number of methoxy groups -OCH3 is 1. The van der Waals surface area contributed by atoms with E-state index in [0.29, 0.717) is 24.4 Å². The van der Waals surface area contributed by atoms with E-state index in [-0.39, 0.29) is 22.3 Å². The Morgan fingerprint density at radius 2 is 1.83 bits per heavy atom. The Bertz CT molecular complexity index is 926.